The summed E-state index contributed by atoms with van der Waals surface area (Å²) in [6.45, 7) is 8.05. The summed E-state index contributed by atoms with van der Waals surface area (Å²) in [5.41, 5.74) is 3.31. The van der Waals surface area contributed by atoms with Gasteiger partial charge >= 0.3 is 0 Å². The maximum Gasteiger partial charge on any atom is 0.246 e. The Kier molecular flexibility index (Phi) is 12.3. The molecule has 1 saturated heterocycles. The summed E-state index contributed by atoms with van der Waals surface area (Å²) in [4.78, 5) is 17.1. The highest BCUT2D eigenvalue weighted by Gasteiger charge is 2.20. The number of carbonyl (C=O) groups excluding carboxylic acids is 1. The Morgan fingerprint density at radius 2 is 1.50 bits per heavy atom. The summed E-state index contributed by atoms with van der Waals surface area (Å²) in [5.74, 6) is 1.86. The van der Waals surface area contributed by atoms with E-state index in [2.05, 4.69) is 43.0 Å². The van der Waals surface area contributed by atoms with Crippen LogP contribution in [0.4, 0.5) is 5.69 Å². The standard InChI is InChI=1S/C32H46N2O4/c1-5-6-7-8-9-10-11-12-22-38-32-29(36-3)24-27(25-30(32)37-4)16-17-31(35)34-20-18-33(19-21-34)28-15-13-14-26(2)23-28/h13-17,23-25H,5-12,18-22H2,1-4H3/b17-16+. The van der Waals surface area contributed by atoms with Gasteiger partial charge < -0.3 is 24.0 Å². The molecule has 0 radical (unpaired) electrons. The summed E-state index contributed by atoms with van der Waals surface area (Å²) >= 11 is 0. The van der Waals surface area contributed by atoms with Gasteiger partial charge in [0, 0.05) is 37.9 Å². The third-order valence-electron chi connectivity index (χ3n) is 7.10. The van der Waals surface area contributed by atoms with Gasteiger partial charge in [0.1, 0.15) is 0 Å². The largest absolute Gasteiger partial charge is 0.493 e. The lowest BCUT2D eigenvalue weighted by molar-refractivity contribution is -0.126. The lowest BCUT2D eigenvalue weighted by atomic mass is 10.1. The van der Waals surface area contributed by atoms with Gasteiger partial charge in [-0.15, -0.1) is 0 Å². The number of hydrogen-bond acceptors (Lipinski definition) is 5. The van der Waals surface area contributed by atoms with Gasteiger partial charge in [-0.05, 0) is 54.8 Å². The van der Waals surface area contributed by atoms with Crippen LogP contribution in [0.5, 0.6) is 17.2 Å². The number of benzene rings is 2. The smallest absolute Gasteiger partial charge is 0.246 e. The maximum absolute atomic E-state index is 12.9. The average Bonchev–Trinajstić information content (AvgIpc) is 2.95. The third kappa shape index (κ3) is 9.00. The van der Waals surface area contributed by atoms with Gasteiger partial charge in [0.05, 0.1) is 20.8 Å². The van der Waals surface area contributed by atoms with Gasteiger partial charge in [0.15, 0.2) is 11.5 Å². The number of hydrogen-bond donors (Lipinski definition) is 0. The van der Waals surface area contributed by atoms with Crippen LogP contribution in [0.3, 0.4) is 0 Å². The van der Waals surface area contributed by atoms with Crippen molar-refractivity contribution in [2.75, 3.05) is 51.9 Å². The van der Waals surface area contributed by atoms with Crippen LogP contribution >= 0.6 is 0 Å². The highest BCUT2D eigenvalue weighted by atomic mass is 16.5. The fraction of sp³-hybridized carbons (Fsp3) is 0.531. The molecule has 3 rings (SSSR count). The van der Waals surface area contributed by atoms with E-state index in [-0.39, 0.29) is 5.91 Å². The van der Waals surface area contributed by atoms with Gasteiger partial charge in [-0.2, -0.15) is 0 Å². The average molecular weight is 523 g/mol. The number of carbonyl (C=O) groups is 1. The number of aryl methyl sites for hydroxylation is 1. The molecule has 0 unspecified atom stereocenters. The quantitative estimate of drug-likeness (QED) is 0.188. The van der Waals surface area contributed by atoms with Crippen molar-refractivity contribution in [2.24, 2.45) is 0 Å². The van der Waals surface area contributed by atoms with Crippen LogP contribution in [0.15, 0.2) is 42.5 Å². The zero-order chi connectivity index (χ0) is 27.2. The predicted molar refractivity (Wildman–Crippen MR) is 157 cm³/mol. The molecule has 0 bridgehead atoms. The Morgan fingerprint density at radius 3 is 2.11 bits per heavy atom. The van der Waals surface area contributed by atoms with E-state index in [4.69, 9.17) is 14.2 Å². The minimum Gasteiger partial charge on any atom is -0.493 e. The first-order valence-electron chi connectivity index (χ1n) is 14.2. The van der Waals surface area contributed by atoms with Gasteiger partial charge in [-0.3, -0.25) is 4.79 Å². The molecule has 0 saturated carbocycles. The normalized spacial score (nSPS) is 13.7. The second-order valence-corrected chi connectivity index (χ2v) is 10.1. The van der Waals surface area contributed by atoms with E-state index in [0.29, 0.717) is 36.9 Å². The molecule has 6 heteroatoms. The highest BCUT2D eigenvalue weighted by Crippen LogP contribution is 2.39. The van der Waals surface area contributed by atoms with Crippen LogP contribution in [0.25, 0.3) is 6.08 Å². The number of unbranched alkanes of at least 4 members (excludes halogenated alkanes) is 7. The number of methoxy groups -OCH3 is 2. The second kappa shape index (κ2) is 16.0. The molecule has 0 spiro atoms. The molecule has 0 atom stereocenters. The lowest BCUT2D eigenvalue weighted by Crippen LogP contribution is -2.48. The molecule has 0 aromatic heterocycles. The number of piperazine rings is 1. The molecule has 208 valence electrons. The van der Waals surface area contributed by atoms with Crippen LogP contribution in [0.1, 0.15) is 69.4 Å². The van der Waals surface area contributed by atoms with Crippen molar-refractivity contribution in [1.29, 1.82) is 0 Å². The fourth-order valence-electron chi connectivity index (χ4n) is 4.83. The molecular formula is C32H46N2O4. The number of amides is 1. The summed E-state index contributed by atoms with van der Waals surface area (Å²) in [7, 11) is 3.26. The van der Waals surface area contributed by atoms with E-state index in [1.807, 2.05) is 23.1 Å². The first-order chi connectivity index (χ1) is 18.5. The fourth-order valence-corrected chi connectivity index (χ4v) is 4.83. The molecule has 0 aliphatic carbocycles. The SMILES string of the molecule is CCCCCCCCCCOc1c(OC)cc(/C=C/C(=O)N2CCN(c3cccc(C)c3)CC2)cc1OC. The second-order valence-electron chi connectivity index (χ2n) is 10.1. The van der Waals surface area contributed by atoms with E-state index < -0.39 is 0 Å². The molecule has 1 aliphatic rings. The maximum atomic E-state index is 12.9. The number of nitrogens with zero attached hydrogens (tertiary/aromatic N) is 2. The monoisotopic (exact) mass is 522 g/mol. The molecule has 2 aromatic carbocycles. The third-order valence-corrected chi connectivity index (χ3v) is 7.10. The Bertz CT molecular complexity index is 1000. The van der Waals surface area contributed by atoms with Crippen molar-refractivity contribution in [3.8, 4) is 17.2 Å². The van der Waals surface area contributed by atoms with E-state index >= 15 is 0 Å². The Labute approximate surface area is 229 Å². The zero-order valence-electron chi connectivity index (χ0n) is 23.8. The Hall–Kier alpha value is -3.15. The molecular weight excluding hydrogens is 476 g/mol. The van der Waals surface area contributed by atoms with E-state index in [1.54, 1.807) is 20.3 Å². The van der Waals surface area contributed by atoms with Crippen LogP contribution < -0.4 is 19.1 Å². The summed E-state index contributed by atoms with van der Waals surface area (Å²) < 4.78 is 17.3. The molecule has 0 N–H and O–H groups in total. The van der Waals surface area contributed by atoms with Gasteiger partial charge in [0.25, 0.3) is 0 Å². The Balaban J connectivity index is 1.50. The van der Waals surface area contributed by atoms with Gasteiger partial charge in [-0.25, -0.2) is 0 Å². The summed E-state index contributed by atoms with van der Waals surface area (Å²) in [6, 6.07) is 12.3. The van der Waals surface area contributed by atoms with Gasteiger partial charge in [0.2, 0.25) is 11.7 Å². The summed E-state index contributed by atoms with van der Waals surface area (Å²) in [6.07, 6.45) is 13.5. The topological polar surface area (TPSA) is 51.2 Å². The molecule has 1 amide bonds. The molecule has 38 heavy (non-hydrogen) atoms. The number of rotatable bonds is 15. The van der Waals surface area contributed by atoms with E-state index in [9.17, 15) is 4.79 Å². The first-order valence-corrected chi connectivity index (χ1v) is 14.2. The van der Waals surface area contributed by atoms with Crippen molar-refractivity contribution in [3.05, 3.63) is 53.6 Å². The van der Waals surface area contributed by atoms with Crippen LogP contribution in [0.2, 0.25) is 0 Å². The molecule has 1 fully saturated rings. The Morgan fingerprint density at radius 1 is 0.868 bits per heavy atom. The van der Waals surface area contributed by atoms with Crippen molar-refractivity contribution in [1.82, 2.24) is 4.90 Å². The first kappa shape index (κ1) is 29.4. The highest BCUT2D eigenvalue weighted by molar-refractivity contribution is 5.92. The van der Waals surface area contributed by atoms with E-state index in [1.165, 1.54) is 56.2 Å². The molecule has 1 aliphatic heterocycles. The van der Waals surface area contributed by atoms with Crippen LogP contribution in [-0.4, -0.2) is 57.8 Å². The van der Waals surface area contributed by atoms with E-state index in [0.717, 1.165) is 25.1 Å². The molecule has 2 aromatic rings. The van der Waals surface area contributed by atoms with Crippen molar-refractivity contribution in [3.63, 3.8) is 0 Å². The summed E-state index contributed by atoms with van der Waals surface area (Å²) in [5, 5.41) is 0. The van der Waals surface area contributed by atoms with Gasteiger partial charge in [-0.1, -0.05) is 64.0 Å². The van der Waals surface area contributed by atoms with Crippen molar-refractivity contribution in [2.45, 2.75) is 65.2 Å². The number of ether oxygens (including phenoxy) is 3. The minimum absolute atomic E-state index is 0.0156. The minimum atomic E-state index is 0.0156. The predicted octanol–water partition coefficient (Wildman–Crippen LogP) is 6.89. The molecule has 6 nitrogen and oxygen atoms in total. The lowest BCUT2D eigenvalue weighted by Gasteiger charge is -2.35. The van der Waals surface area contributed by atoms with Crippen molar-refractivity contribution >= 4 is 17.7 Å². The van der Waals surface area contributed by atoms with Crippen LogP contribution in [-0.2, 0) is 4.79 Å². The van der Waals surface area contributed by atoms with Crippen LogP contribution in [0, 0.1) is 6.92 Å². The van der Waals surface area contributed by atoms with Crippen molar-refractivity contribution < 1.29 is 19.0 Å². The molecule has 1 heterocycles. The number of anilines is 1. The zero-order valence-corrected chi connectivity index (χ0v) is 23.8.